The van der Waals surface area contributed by atoms with E-state index in [1.54, 1.807) is 18.2 Å². The Bertz CT molecular complexity index is 725. The number of carbonyl (C=O) groups is 2. The lowest BCUT2D eigenvalue weighted by molar-refractivity contribution is -0.115. The number of benzene rings is 2. The summed E-state index contributed by atoms with van der Waals surface area (Å²) in [5.74, 6) is -0.312. The molecule has 5 heteroatoms. The van der Waals surface area contributed by atoms with Crippen LogP contribution in [-0.4, -0.2) is 11.8 Å². The van der Waals surface area contributed by atoms with Crippen molar-refractivity contribution < 1.29 is 9.59 Å². The summed E-state index contributed by atoms with van der Waals surface area (Å²) in [5, 5.41) is 5.58. The molecule has 3 rings (SSSR count). The van der Waals surface area contributed by atoms with Crippen LogP contribution in [0.5, 0.6) is 0 Å². The first-order valence-electron chi connectivity index (χ1n) is 6.69. The highest BCUT2D eigenvalue weighted by Crippen LogP contribution is 2.26. The fourth-order valence-electron chi connectivity index (χ4n) is 2.44. The number of nitrogens with one attached hydrogen (secondary N) is 2. The Morgan fingerprint density at radius 2 is 2.05 bits per heavy atom. The fourth-order valence-corrected chi connectivity index (χ4v) is 2.44. The van der Waals surface area contributed by atoms with Gasteiger partial charge in [-0.1, -0.05) is 18.2 Å². The van der Waals surface area contributed by atoms with Gasteiger partial charge in [-0.2, -0.15) is 0 Å². The molecule has 4 N–H and O–H groups in total. The Morgan fingerprint density at radius 1 is 1.24 bits per heavy atom. The SMILES string of the molecule is NCc1cccc(NC(=O)c2cccc3c2CC(=O)N3)c1. The Balaban J connectivity index is 1.86. The van der Waals surface area contributed by atoms with Crippen LogP contribution >= 0.6 is 0 Å². The summed E-state index contributed by atoms with van der Waals surface area (Å²) in [4.78, 5) is 23.9. The van der Waals surface area contributed by atoms with Crippen molar-refractivity contribution >= 4 is 23.2 Å². The minimum Gasteiger partial charge on any atom is -0.326 e. The van der Waals surface area contributed by atoms with Crippen LogP contribution < -0.4 is 16.4 Å². The number of hydrogen-bond acceptors (Lipinski definition) is 3. The molecule has 0 atom stereocenters. The van der Waals surface area contributed by atoms with Crippen molar-refractivity contribution in [2.75, 3.05) is 10.6 Å². The van der Waals surface area contributed by atoms with E-state index in [1.165, 1.54) is 0 Å². The zero-order valence-corrected chi connectivity index (χ0v) is 11.3. The topological polar surface area (TPSA) is 84.2 Å². The first kappa shape index (κ1) is 13.3. The molecule has 106 valence electrons. The van der Waals surface area contributed by atoms with Crippen LogP contribution in [0.15, 0.2) is 42.5 Å². The van der Waals surface area contributed by atoms with Crippen LogP contribution in [0.2, 0.25) is 0 Å². The molecule has 1 aliphatic heterocycles. The highest BCUT2D eigenvalue weighted by atomic mass is 16.2. The van der Waals surface area contributed by atoms with Gasteiger partial charge in [-0.05, 0) is 35.4 Å². The van der Waals surface area contributed by atoms with Crippen LogP contribution in [0.1, 0.15) is 21.5 Å². The van der Waals surface area contributed by atoms with E-state index >= 15 is 0 Å². The van der Waals surface area contributed by atoms with E-state index in [2.05, 4.69) is 10.6 Å². The predicted molar refractivity (Wildman–Crippen MR) is 81.1 cm³/mol. The lowest BCUT2D eigenvalue weighted by Crippen LogP contribution is -2.14. The van der Waals surface area contributed by atoms with E-state index in [-0.39, 0.29) is 18.2 Å². The number of nitrogens with two attached hydrogens (primary N) is 1. The molecule has 0 aliphatic carbocycles. The first-order chi connectivity index (χ1) is 10.2. The van der Waals surface area contributed by atoms with Gasteiger partial charge in [-0.3, -0.25) is 9.59 Å². The third-order valence-electron chi connectivity index (χ3n) is 3.45. The highest BCUT2D eigenvalue weighted by molar-refractivity contribution is 6.10. The summed E-state index contributed by atoms with van der Waals surface area (Å²) in [6, 6.07) is 12.7. The Hall–Kier alpha value is -2.66. The van der Waals surface area contributed by atoms with Crippen molar-refractivity contribution in [1.29, 1.82) is 0 Å². The Labute approximate surface area is 122 Å². The maximum absolute atomic E-state index is 12.4. The number of hydrogen-bond donors (Lipinski definition) is 3. The third-order valence-corrected chi connectivity index (χ3v) is 3.45. The average Bonchev–Trinajstić information content (AvgIpc) is 2.87. The van der Waals surface area contributed by atoms with Gasteiger partial charge in [0.05, 0.1) is 6.42 Å². The van der Waals surface area contributed by atoms with Gasteiger partial charge >= 0.3 is 0 Å². The van der Waals surface area contributed by atoms with Crippen LogP contribution in [0.25, 0.3) is 0 Å². The zero-order chi connectivity index (χ0) is 14.8. The Morgan fingerprint density at radius 3 is 2.86 bits per heavy atom. The van der Waals surface area contributed by atoms with Crippen molar-refractivity contribution in [3.05, 3.63) is 59.2 Å². The highest BCUT2D eigenvalue weighted by Gasteiger charge is 2.23. The summed E-state index contributed by atoms with van der Waals surface area (Å²) in [7, 11) is 0. The van der Waals surface area contributed by atoms with Crippen LogP contribution in [-0.2, 0) is 17.8 Å². The summed E-state index contributed by atoms with van der Waals surface area (Å²) in [6.45, 7) is 0.420. The van der Waals surface area contributed by atoms with Crippen LogP contribution in [0, 0.1) is 0 Å². The molecule has 0 spiro atoms. The van der Waals surface area contributed by atoms with Crippen LogP contribution in [0.4, 0.5) is 11.4 Å². The number of rotatable bonds is 3. The first-order valence-corrected chi connectivity index (χ1v) is 6.69. The normalized spacial score (nSPS) is 12.7. The molecule has 2 amide bonds. The van der Waals surface area contributed by atoms with Crippen molar-refractivity contribution in [3.8, 4) is 0 Å². The quantitative estimate of drug-likeness (QED) is 0.803. The summed E-state index contributed by atoms with van der Waals surface area (Å²) in [6.07, 6.45) is 0.238. The van der Waals surface area contributed by atoms with Gasteiger partial charge < -0.3 is 16.4 Å². The molecular formula is C16H15N3O2. The van der Waals surface area contributed by atoms with Gasteiger partial charge in [0.1, 0.15) is 0 Å². The number of fused-ring (bicyclic) bond motifs is 1. The van der Waals surface area contributed by atoms with Gasteiger partial charge in [0.25, 0.3) is 5.91 Å². The van der Waals surface area contributed by atoms with Gasteiger partial charge in [-0.25, -0.2) is 0 Å². The van der Waals surface area contributed by atoms with E-state index < -0.39 is 0 Å². The molecule has 2 aromatic rings. The van der Waals surface area contributed by atoms with Crippen molar-refractivity contribution in [2.45, 2.75) is 13.0 Å². The summed E-state index contributed by atoms with van der Waals surface area (Å²) < 4.78 is 0. The lowest BCUT2D eigenvalue weighted by Gasteiger charge is -2.09. The van der Waals surface area contributed by atoms with E-state index in [4.69, 9.17) is 5.73 Å². The molecule has 5 nitrogen and oxygen atoms in total. The second-order valence-corrected chi connectivity index (χ2v) is 4.92. The average molecular weight is 281 g/mol. The van der Waals surface area contributed by atoms with Gasteiger partial charge in [0, 0.05) is 23.5 Å². The van der Waals surface area contributed by atoms with E-state index in [9.17, 15) is 9.59 Å². The lowest BCUT2D eigenvalue weighted by atomic mass is 10.0. The maximum atomic E-state index is 12.4. The predicted octanol–water partition coefficient (Wildman–Crippen LogP) is 1.89. The van der Waals surface area contributed by atoms with Crippen molar-refractivity contribution in [2.24, 2.45) is 5.73 Å². The molecular weight excluding hydrogens is 266 g/mol. The molecule has 0 bridgehead atoms. The fraction of sp³-hybridized carbons (Fsp3) is 0.125. The largest absolute Gasteiger partial charge is 0.326 e. The van der Waals surface area contributed by atoms with Gasteiger partial charge in [-0.15, -0.1) is 0 Å². The summed E-state index contributed by atoms with van der Waals surface area (Å²) in [5.41, 5.74) is 9.21. The molecule has 0 saturated carbocycles. The van der Waals surface area contributed by atoms with E-state index in [0.717, 1.165) is 11.1 Å². The molecule has 0 aromatic heterocycles. The molecule has 21 heavy (non-hydrogen) atoms. The molecule has 1 aliphatic rings. The van der Waals surface area contributed by atoms with E-state index in [1.807, 2.05) is 24.3 Å². The smallest absolute Gasteiger partial charge is 0.256 e. The monoisotopic (exact) mass is 281 g/mol. The minimum absolute atomic E-state index is 0.0876. The third kappa shape index (κ3) is 2.64. The number of amides is 2. The molecule has 1 heterocycles. The molecule has 2 aromatic carbocycles. The molecule has 0 radical (unpaired) electrons. The molecule has 0 fully saturated rings. The number of anilines is 2. The standard InChI is InChI=1S/C16H15N3O2/c17-9-10-3-1-4-11(7-10)18-16(21)12-5-2-6-14-13(12)8-15(20)19-14/h1-7H,8-9,17H2,(H,18,21)(H,19,20). The zero-order valence-electron chi connectivity index (χ0n) is 11.3. The number of carbonyl (C=O) groups excluding carboxylic acids is 2. The maximum Gasteiger partial charge on any atom is 0.256 e. The second kappa shape index (κ2) is 5.38. The summed E-state index contributed by atoms with van der Waals surface area (Å²) >= 11 is 0. The van der Waals surface area contributed by atoms with Gasteiger partial charge in [0.2, 0.25) is 5.91 Å². The van der Waals surface area contributed by atoms with Crippen molar-refractivity contribution in [1.82, 2.24) is 0 Å². The second-order valence-electron chi connectivity index (χ2n) is 4.92. The minimum atomic E-state index is -0.225. The molecule has 0 unspecified atom stereocenters. The van der Waals surface area contributed by atoms with Crippen LogP contribution in [0.3, 0.4) is 0 Å². The van der Waals surface area contributed by atoms with Crippen molar-refractivity contribution in [3.63, 3.8) is 0 Å². The Kier molecular flexibility index (Phi) is 3.41. The van der Waals surface area contributed by atoms with Gasteiger partial charge in [0.15, 0.2) is 0 Å². The van der Waals surface area contributed by atoms with E-state index in [0.29, 0.717) is 23.5 Å². The molecule has 0 saturated heterocycles.